The standard InChI is InChI=1S/C14H25NO3/c1-11(8-16-5)17-10-13-6-12(9-18-13)7-15-14(2,3)4/h6,9,11,15H,7-8,10H2,1-5H3. The summed E-state index contributed by atoms with van der Waals surface area (Å²) in [5.41, 5.74) is 1.25. The van der Waals surface area contributed by atoms with Gasteiger partial charge in [0.15, 0.2) is 0 Å². The Morgan fingerprint density at radius 1 is 1.39 bits per heavy atom. The predicted octanol–water partition coefficient (Wildman–Crippen LogP) is 2.72. The van der Waals surface area contributed by atoms with Crippen molar-refractivity contribution >= 4 is 0 Å². The monoisotopic (exact) mass is 255 g/mol. The average Bonchev–Trinajstić information content (AvgIpc) is 2.71. The van der Waals surface area contributed by atoms with Crippen LogP contribution in [0.2, 0.25) is 0 Å². The number of hydrogen-bond acceptors (Lipinski definition) is 4. The van der Waals surface area contributed by atoms with Crippen LogP contribution in [0.15, 0.2) is 16.7 Å². The normalized spacial score (nSPS) is 13.8. The van der Waals surface area contributed by atoms with Crippen molar-refractivity contribution in [1.29, 1.82) is 0 Å². The van der Waals surface area contributed by atoms with E-state index in [-0.39, 0.29) is 11.6 Å². The van der Waals surface area contributed by atoms with Gasteiger partial charge in [0.1, 0.15) is 12.4 Å². The van der Waals surface area contributed by atoms with E-state index in [1.165, 1.54) is 0 Å². The molecule has 0 aliphatic carbocycles. The van der Waals surface area contributed by atoms with Gasteiger partial charge >= 0.3 is 0 Å². The van der Waals surface area contributed by atoms with Gasteiger partial charge in [-0.15, -0.1) is 0 Å². The molecule has 1 unspecified atom stereocenters. The third-order valence-electron chi connectivity index (χ3n) is 2.44. The second-order valence-electron chi connectivity index (χ2n) is 5.60. The summed E-state index contributed by atoms with van der Waals surface area (Å²) in [6, 6.07) is 2.03. The Morgan fingerprint density at radius 2 is 2.11 bits per heavy atom. The van der Waals surface area contributed by atoms with Crippen molar-refractivity contribution in [3.63, 3.8) is 0 Å². The third-order valence-corrected chi connectivity index (χ3v) is 2.44. The van der Waals surface area contributed by atoms with E-state index in [9.17, 15) is 0 Å². The molecule has 0 bridgehead atoms. The fraction of sp³-hybridized carbons (Fsp3) is 0.714. The lowest BCUT2D eigenvalue weighted by atomic mass is 10.1. The maximum atomic E-state index is 5.59. The molecular formula is C14H25NO3. The van der Waals surface area contributed by atoms with E-state index >= 15 is 0 Å². The Morgan fingerprint density at radius 3 is 2.72 bits per heavy atom. The SMILES string of the molecule is COCC(C)OCc1cc(CNC(C)(C)C)co1. The molecule has 4 nitrogen and oxygen atoms in total. The fourth-order valence-corrected chi connectivity index (χ4v) is 1.47. The number of nitrogens with one attached hydrogen (secondary N) is 1. The number of methoxy groups -OCH3 is 1. The molecule has 104 valence electrons. The van der Waals surface area contributed by atoms with Gasteiger partial charge in [-0.2, -0.15) is 0 Å². The first-order valence-electron chi connectivity index (χ1n) is 6.32. The molecule has 1 atom stereocenters. The predicted molar refractivity (Wildman–Crippen MR) is 71.4 cm³/mol. The molecule has 0 amide bonds. The van der Waals surface area contributed by atoms with E-state index in [1.807, 2.05) is 13.0 Å². The second kappa shape index (κ2) is 6.92. The molecule has 0 fully saturated rings. The lowest BCUT2D eigenvalue weighted by Gasteiger charge is -2.19. The van der Waals surface area contributed by atoms with Crippen molar-refractivity contribution in [3.8, 4) is 0 Å². The van der Waals surface area contributed by atoms with Crippen molar-refractivity contribution in [3.05, 3.63) is 23.7 Å². The smallest absolute Gasteiger partial charge is 0.129 e. The lowest BCUT2D eigenvalue weighted by molar-refractivity contribution is -0.00635. The van der Waals surface area contributed by atoms with Gasteiger partial charge in [-0.1, -0.05) is 0 Å². The molecule has 0 saturated carbocycles. The van der Waals surface area contributed by atoms with E-state index in [2.05, 4.69) is 26.1 Å². The van der Waals surface area contributed by atoms with Gasteiger partial charge in [0, 0.05) is 24.8 Å². The van der Waals surface area contributed by atoms with Gasteiger partial charge in [-0.25, -0.2) is 0 Å². The molecule has 0 aliphatic rings. The summed E-state index contributed by atoms with van der Waals surface area (Å²) in [4.78, 5) is 0. The van der Waals surface area contributed by atoms with Crippen molar-refractivity contribution in [2.75, 3.05) is 13.7 Å². The molecule has 1 aromatic rings. The van der Waals surface area contributed by atoms with Crippen LogP contribution in [-0.2, 0) is 22.6 Å². The van der Waals surface area contributed by atoms with Crippen molar-refractivity contribution in [1.82, 2.24) is 5.32 Å². The minimum atomic E-state index is 0.0799. The van der Waals surface area contributed by atoms with Crippen LogP contribution in [-0.4, -0.2) is 25.4 Å². The Bertz CT molecular complexity index is 341. The van der Waals surface area contributed by atoms with Crippen molar-refractivity contribution in [2.24, 2.45) is 0 Å². The van der Waals surface area contributed by atoms with Gasteiger partial charge in [0.25, 0.3) is 0 Å². The largest absolute Gasteiger partial charge is 0.467 e. The number of rotatable bonds is 7. The maximum Gasteiger partial charge on any atom is 0.129 e. The molecule has 4 heteroatoms. The van der Waals surface area contributed by atoms with Gasteiger partial charge < -0.3 is 19.2 Å². The molecule has 18 heavy (non-hydrogen) atoms. The summed E-state index contributed by atoms with van der Waals surface area (Å²) < 4.78 is 16.0. The molecule has 0 saturated heterocycles. The lowest BCUT2D eigenvalue weighted by Crippen LogP contribution is -2.34. The summed E-state index contributed by atoms with van der Waals surface area (Å²) in [5.74, 6) is 0.851. The maximum absolute atomic E-state index is 5.59. The van der Waals surface area contributed by atoms with E-state index in [4.69, 9.17) is 13.9 Å². The fourth-order valence-electron chi connectivity index (χ4n) is 1.47. The van der Waals surface area contributed by atoms with Crippen LogP contribution >= 0.6 is 0 Å². The van der Waals surface area contributed by atoms with E-state index in [0.29, 0.717) is 13.2 Å². The molecule has 1 heterocycles. The van der Waals surface area contributed by atoms with Crippen LogP contribution in [0.25, 0.3) is 0 Å². The van der Waals surface area contributed by atoms with Crippen molar-refractivity contribution in [2.45, 2.75) is 52.5 Å². The minimum Gasteiger partial charge on any atom is -0.467 e. The van der Waals surface area contributed by atoms with Crippen LogP contribution in [0.5, 0.6) is 0 Å². The second-order valence-corrected chi connectivity index (χ2v) is 5.60. The summed E-state index contributed by atoms with van der Waals surface area (Å²) in [7, 11) is 1.67. The van der Waals surface area contributed by atoms with Gasteiger partial charge in [-0.05, 0) is 33.8 Å². The van der Waals surface area contributed by atoms with Crippen LogP contribution < -0.4 is 5.32 Å². The summed E-state index contributed by atoms with van der Waals surface area (Å²) in [5, 5.41) is 3.42. The molecule has 1 N–H and O–H groups in total. The Labute approximate surface area is 110 Å². The molecule has 0 spiro atoms. The van der Waals surface area contributed by atoms with Crippen LogP contribution in [0, 0.1) is 0 Å². The molecule has 0 radical (unpaired) electrons. The van der Waals surface area contributed by atoms with Crippen molar-refractivity contribution < 1.29 is 13.9 Å². The topological polar surface area (TPSA) is 43.6 Å². The number of furan rings is 1. The average molecular weight is 255 g/mol. The zero-order valence-corrected chi connectivity index (χ0v) is 12.1. The van der Waals surface area contributed by atoms with Gasteiger partial charge in [0.05, 0.1) is 19.0 Å². The van der Waals surface area contributed by atoms with Gasteiger partial charge in [-0.3, -0.25) is 0 Å². The Balaban J connectivity index is 2.34. The molecule has 0 aromatic carbocycles. The summed E-state index contributed by atoms with van der Waals surface area (Å²) in [6.07, 6.45) is 1.86. The Kier molecular flexibility index (Phi) is 5.85. The molecular weight excluding hydrogens is 230 g/mol. The molecule has 1 rings (SSSR count). The summed E-state index contributed by atoms with van der Waals surface area (Å²) in [6.45, 7) is 10.3. The highest BCUT2D eigenvalue weighted by molar-refractivity contribution is 5.12. The third kappa shape index (κ3) is 6.19. The minimum absolute atomic E-state index is 0.0799. The zero-order valence-electron chi connectivity index (χ0n) is 12.1. The first kappa shape index (κ1) is 15.2. The first-order chi connectivity index (χ1) is 8.40. The highest BCUT2D eigenvalue weighted by Crippen LogP contribution is 2.11. The highest BCUT2D eigenvalue weighted by atomic mass is 16.5. The Hall–Kier alpha value is -0.840. The van der Waals surface area contributed by atoms with Gasteiger partial charge in [0.2, 0.25) is 0 Å². The zero-order chi connectivity index (χ0) is 13.6. The number of hydrogen-bond donors (Lipinski definition) is 1. The highest BCUT2D eigenvalue weighted by Gasteiger charge is 2.10. The quantitative estimate of drug-likeness (QED) is 0.813. The van der Waals surface area contributed by atoms with E-state index < -0.39 is 0 Å². The van der Waals surface area contributed by atoms with E-state index in [0.717, 1.165) is 17.9 Å². The first-order valence-corrected chi connectivity index (χ1v) is 6.32. The molecule has 1 aromatic heterocycles. The van der Waals surface area contributed by atoms with Crippen LogP contribution in [0.3, 0.4) is 0 Å². The number of ether oxygens (including phenoxy) is 2. The van der Waals surface area contributed by atoms with Crippen LogP contribution in [0.4, 0.5) is 0 Å². The molecule has 0 aliphatic heterocycles. The summed E-state index contributed by atoms with van der Waals surface area (Å²) >= 11 is 0. The van der Waals surface area contributed by atoms with Crippen LogP contribution in [0.1, 0.15) is 39.0 Å². The van der Waals surface area contributed by atoms with E-state index in [1.54, 1.807) is 13.4 Å².